The predicted molar refractivity (Wildman–Crippen MR) is 85.9 cm³/mol. The smallest absolute Gasteiger partial charge is 0.127 e. The quantitative estimate of drug-likeness (QED) is 0.681. The van der Waals surface area contributed by atoms with Gasteiger partial charge in [-0.3, -0.25) is 0 Å². The van der Waals surface area contributed by atoms with E-state index in [0.29, 0.717) is 5.02 Å². The molecule has 1 unspecified atom stereocenters. The molecule has 0 aliphatic rings. The van der Waals surface area contributed by atoms with Gasteiger partial charge in [0.2, 0.25) is 0 Å². The van der Waals surface area contributed by atoms with E-state index in [1.54, 1.807) is 0 Å². The molecule has 110 valence electrons. The Balaban J connectivity index is 2.01. The van der Waals surface area contributed by atoms with E-state index in [9.17, 15) is 0 Å². The second kappa shape index (κ2) is 5.70. The number of aromatic nitrogens is 4. The van der Waals surface area contributed by atoms with Crippen LogP contribution in [0.15, 0.2) is 30.6 Å². The van der Waals surface area contributed by atoms with Crippen LogP contribution in [0, 0.1) is 0 Å². The van der Waals surface area contributed by atoms with Crippen molar-refractivity contribution in [3.05, 3.63) is 47.3 Å². The molecule has 3 aromatic rings. The molecule has 0 saturated heterocycles. The Morgan fingerprint density at radius 2 is 2.14 bits per heavy atom. The van der Waals surface area contributed by atoms with Crippen LogP contribution in [-0.2, 0) is 20.0 Å². The average molecular weight is 323 g/mol. The minimum absolute atomic E-state index is 0.171. The van der Waals surface area contributed by atoms with E-state index in [4.69, 9.17) is 23.2 Å². The summed E-state index contributed by atoms with van der Waals surface area (Å²) < 4.78 is 4.16. The lowest BCUT2D eigenvalue weighted by molar-refractivity contribution is 0.634. The van der Waals surface area contributed by atoms with Crippen LogP contribution in [0.1, 0.15) is 23.9 Å². The van der Waals surface area contributed by atoms with E-state index < -0.39 is 0 Å². The van der Waals surface area contributed by atoms with Crippen molar-refractivity contribution in [2.45, 2.75) is 25.3 Å². The number of hydrogen-bond acceptors (Lipinski definition) is 2. The van der Waals surface area contributed by atoms with Crippen molar-refractivity contribution in [3.63, 3.8) is 0 Å². The first-order chi connectivity index (χ1) is 10.1. The van der Waals surface area contributed by atoms with E-state index in [1.807, 2.05) is 49.1 Å². The first-order valence-corrected chi connectivity index (χ1v) is 7.64. The number of aryl methyl sites for hydroxylation is 3. The van der Waals surface area contributed by atoms with Gasteiger partial charge >= 0.3 is 0 Å². The number of hydrogen-bond donors (Lipinski definition) is 0. The monoisotopic (exact) mass is 322 g/mol. The molecule has 4 nitrogen and oxygen atoms in total. The highest BCUT2D eigenvalue weighted by Crippen LogP contribution is 2.28. The van der Waals surface area contributed by atoms with E-state index in [1.165, 1.54) is 0 Å². The van der Waals surface area contributed by atoms with Gasteiger partial charge in [0, 0.05) is 32.4 Å². The number of rotatable bonds is 4. The summed E-state index contributed by atoms with van der Waals surface area (Å²) in [5, 5.41) is 0.483. The minimum atomic E-state index is -0.171. The molecular weight excluding hydrogens is 307 g/mol. The minimum Gasteiger partial charge on any atom is -0.338 e. The van der Waals surface area contributed by atoms with Crippen molar-refractivity contribution in [3.8, 4) is 0 Å². The van der Waals surface area contributed by atoms with Crippen molar-refractivity contribution in [1.82, 2.24) is 19.1 Å². The molecule has 0 fully saturated rings. The Kier molecular flexibility index (Phi) is 3.91. The summed E-state index contributed by atoms with van der Waals surface area (Å²) in [7, 11) is 2.00. The fraction of sp³-hybridized carbons (Fsp3) is 0.333. The fourth-order valence-electron chi connectivity index (χ4n) is 2.52. The summed E-state index contributed by atoms with van der Waals surface area (Å²) in [5.74, 6) is 1.88. The highest BCUT2D eigenvalue weighted by atomic mass is 35.5. The van der Waals surface area contributed by atoms with E-state index >= 15 is 0 Å². The molecule has 1 aromatic carbocycles. The van der Waals surface area contributed by atoms with Gasteiger partial charge in [-0.15, -0.1) is 11.6 Å². The van der Waals surface area contributed by atoms with Crippen molar-refractivity contribution in [2.24, 2.45) is 7.05 Å². The van der Waals surface area contributed by atoms with Gasteiger partial charge in [0.05, 0.1) is 15.9 Å². The number of nitrogens with zero attached hydrogens (tertiary/aromatic N) is 4. The van der Waals surface area contributed by atoms with Gasteiger partial charge in [-0.2, -0.15) is 0 Å². The molecule has 0 bridgehead atoms. The molecule has 0 radical (unpaired) electrons. The van der Waals surface area contributed by atoms with Crippen molar-refractivity contribution in [2.75, 3.05) is 0 Å². The Hall–Kier alpha value is -1.52. The first kappa shape index (κ1) is 14.4. The number of para-hydroxylation sites is 1. The van der Waals surface area contributed by atoms with Crippen LogP contribution in [0.25, 0.3) is 11.0 Å². The highest BCUT2D eigenvalue weighted by Gasteiger charge is 2.16. The second-order valence-electron chi connectivity index (χ2n) is 5.05. The molecule has 0 saturated carbocycles. The van der Waals surface area contributed by atoms with Gasteiger partial charge in [-0.25, -0.2) is 9.97 Å². The number of benzene rings is 1. The summed E-state index contributed by atoms with van der Waals surface area (Å²) in [4.78, 5) is 8.96. The van der Waals surface area contributed by atoms with E-state index in [-0.39, 0.29) is 5.38 Å². The summed E-state index contributed by atoms with van der Waals surface area (Å²) in [6.07, 6.45) is 4.57. The lowest BCUT2D eigenvalue weighted by Gasteiger charge is -2.10. The van der Waals surface area contributed by atoms with Crippen LogP contribution in [0.3, 0.4) is 0 Å². The van der Waals surface area contributed by atoms with Crippen molar-refractivity contribution >= 4 is 34.2 Å². The van der Waals surface area contributed by atoms with Crippen LogP contribution < -0.4 is 0 Å². The Labute approximate surface area is 133 Å². The molecule has 6 heteroatoms. The molecule has 1 atom stereocenters. The summed E-state index contributed by atoms with van der Waals surface area (Å²) in [6, 6.07) is 5.81. The van der Waals surface area contributed by atoms with Gasteiger partial charge in [0.15, 0.2) is 0 Å². The topological polar surface area (TPSA) is 35.6 Å². The molecule has 0 N–H and O–H groups in total. The SMILES string of the molecule is CC(Cl)c1nc2c(Cl)cccc2n1CCc1nccn1C. The number of fused-ring (bicyclic) bond motifs is 1. The normalized spacial score (nSPS) is 13.0. The molecule has 0 spiro atoms. The molecule has 21 heavy (non-hydrogen) atoms. The summed E-state index contributed by atoms with van der Waals surface area (Å²) in [5.41, 5.74) is 1.82. The van der Waals surface area contributed by atoms with Gasteiger partial charge in [0.25, 0.3) is 0 Å². The molecule has 0 amide bonds. The fourth-order valence-corrected chi connectivity index (χ4v) is 2.90. The Bertz CT molecular complexity index is 773. The Morgan fingerprint density at radius 3 is 2.81 bits per heavy atom. The van der Waals surface area contributed by atoms with E-state index in [0.717, 1.165) is 35.6 Å². The molecule has 0 aliphatic heterocycles. The van der Waals surface area contributed by atoms with Crippen LogP contribution in [0.4, 0.5) is 0 Å². The molecule has 2 heterocycles. The zero-order chi connectivity index (χ0) is 15.0. The molecule has 3 rings (SSSR count). The van der Waals surface area contributed by atoms with Crippen LogP contribution in [-0.4, -0.2) is 19.1 Å². The third-order valence-electron chi connectivity index (χ3n) is 3.59. The van der Waals surface area contributed by atoms with E-state index in [2.05, 4.69) is 14.5 Å². The summed E-state index contributed by atoms with van der Waals surface area (Å²) >= 11 is 12.5. The second-order valence-corrected chi connectivity index (χ2v) is 6.11. The Morgan fingerprint density at radius 1 is 1.33 bits per heavy atom. The standard InChI is InChI=1S/C15H16Cl2N4/c1-10(16)15-19-14-11(17)4-3-5-12(14)21(15)8-6-13-18-7-9-20(13)2/h3-5,7,9-10H,6,8H2,1-2H3. The van der Waals surface area contributed by atoms with Crippen molar-refractivity contribution in [1.29, 1.82) is 0 Å². The number of imidazole rings is 2. The third kappa shape index (κ3) is 2.65. The number of alkyl halides is 1. The van der Waals surface area contributed by atoms with Gasteiger partial charge in [-0.05, 0) is 19.1 Å². The zero-order valence-electron chi connectivity index (χ0n) is 11.9. The highest BCUT2D eigenvalue weighted by molar-refractivity contribution is 6.35. The molecule has 2 aromatic heterocycles. The zero-order valence-corrected chi connectivity index (χ0v) is 13.4. The maximum absolute atomic E-state index is 6.28. The molecule has 0 aliphatic carbocycles. The first-order valence-electron chi connectivity index (χ1n) is 6.83. The van der Waals surface area contributed by atoms with Crippen molar-refractivity contribution < 1.29 is 0 Å². The largest absolute Gasteiger partial charge is 0.338 e. The summed E-state index contributed by atoms with van der Waals surface area (Å²) in [6.45, 7) is 2.70. The molecular formula is C15H16Cl2N4. The van der Waals surface area contributed by atoms with Crippen LogP contribution in [0.5, 0.6) is 0 Å². The lowest BCUT2D eigenvalue weighted by atomic mass is 10.3. The average Bonchev–Trinajstić information content (AvgIpc) is 3.01. The maximum atomic E-state index is 6.28. The van der Waals surface area contributed by atoms with Gasteiger partial charge < -0.3 is 9.13 Å². The van der Waals surface area contributed by atoms with Crippen LogP contribution in [0.2, 0.25) is 5.02 Å². The third-order valence-corrected chi connectivity index (χ3v) is 4.10. The number of halogens is 2. The maximum Gasteiger partial charge on any atom is 0.127 e. The van der Waals surface area contributed by atoms with Gasteiger partial charge in [-0.1, -0.05) is 17.7 Å². The lowest BCUT2D eigenvalue weighted by Crippen LogP contribution is -2.09. The van der Waals surface area contributed by atoms with Gasteiger partial charge in [0.1, 0.15) is 17.2 Å². The predicted octanol–water partition coefficient (Wildman–Crippen LogP) is 3.97. The van der Waals surface area contributed by atoms with Crippen LogP contribution >= 0.6 is 23.2 Å².